The molecule has 1 amide bonds. The molecule has 22 heavy (non-hydrogen) atoms. The van der Waals surface area contributed by atoms with Crippen LogP contribution in [0.15, 0.2) is 24.3 Å². The van der Waals surface area contributed by atoms with Gasteiger partial charge in [0, 0.05) is 12.1 Å². The van der Waals surface area contributed by atoms with Crippen molar-refractivity contribution in [3.05, 3.63) is 34.4 Å². The van der Waals surface area contributed by atoms with Gasteiger partial charge in [-0.25, -0.2) is 9.59 Å². The van der Waals surface area contributed by atoms with Gasteiger partial charge in [-0.1, -0.05) is 20.3 Å². The summed E-state index contributed by atoms with van der Waals surface area (Å²) in [7, 11) is 0. The third-order valence-electron chi connectivity index (χ3n) is 3.11. The number of nitro benzene ring substituents is 1. The number of non-ortho nitro benzene ring substituents is 1. The van der Waals surface area contributed by atoms with E-state index in [9.17, 15) is 19.7 Å². The minimum absolute atomic E-state index is 0.0929. The summed E-state index contributed by atoms with van der Waals surface area (Å²) in [4.78, 5) is 32.8. The Labute approximate surface area is 127 Å². The molecule has 0 aliphatic rings. The first-order valence-electron chi connectivity index (χ1n) is 6.80. The molecule has 0 spiro atoms. The molecule has 1 aromatic rings. The van der Waals surface area contributed by atoms with Crippen LogP contribution in [0.25, 0.3) is 0 Å². The number of carbonyl (C=O) groups is 2. The average Bonchev–Trinajstić information content (AvgIpc) is 2.45. The minimum Gasteiger partial charge on any atom is -0.480 e. The molecule has 1 rings (SSSR count). The van der Waals surface area contributed by atoms with Gasteiger partial charge in [0.2, 0.25) is 0 Å². The lowest BCUT2D eigenvalue weighted by molar-refractivity contribution is -0.384. The Morgan fingerprint density at radius 1 is 1.36 bits per heavy atom. The number of hydrogen-bond acceptors (Lipinski definition) is 5. The van der Waals surface area contributed by atoms with E-state index >= 15 is 0 Å². The molecule has 8 nitrogen and oxygen atoms in total. The van der Waals surface area contributed by atoms with Crippen LogP contribution >= 0.6 is 0 Å². The highest BCUT2D eigenvalue weighted by Crippen LogP contribution is 2.18. The molecule has 0 unspecified atom stereocenters. The maximum atomic E-state index is 11.7. The highest BCUT2D eigenvalue weighted by Gasteiger charge is 2.26. The van der Waals surface area contributed by atoms with Gasteiger partial charge in [0.25, 0.3) is 5.69 Å². The van der Waals surface area contributed by atoms with E-state index < -0.39 is 23.0 Å². The molecule has 0 heterocycles. The van der Waals surface area contributed by atoms with Crippen molar-refractivity contribution in [3.8, 4) is 5.75 Å². The molecule has 0 aromatic heterocycles. The summed E-state index contributed by atoms with van der Waals surface area (Å²) in [5, 5.41) is 21.9. The van der Waals surface area contributed by atoms with Crippen LogP contribution in [0.4, 0.5) is 10.5 Å². The normalized spacial score (nSPS) is 13.0. The second-order valence-electron chi connectivity index (χ2n) is 4.87. The number of nitrogens with zero attached hydrogens (tertiary/aromatic N) is 1. The third kappa shape index (κ3) is 5.04. The Balaban J connectivity index is 2.67. The summed E-state index contributed by atoms with van der Waals surface area (Å²) in [6.45, 7) is 3.65. The Morgan fingerprint density at radius 3 is 2.41 bits per heavy atom. The van der Waals surface area contributed by atoms with Crippen molar-refractivity contribution in [2.75, 3.05) is 0 Å². The van der Waals surface area contributed by atoms with E-state index in [0.717, 1.165) is 6.42 Å². The Kier molecular flexibility index (Phi) is 6.30. The predicted octanol–water partition coefficient (Wildman–Crippen LogP) is 2.57. The second-order valence-corrected chi connectivity index (χ2v) is 4.87. The second kappa shape index (κ2) is 7.96. The number of aliphatic carboxylic acids is 1. The highest BCUT2D eigenvalue weighted by molar-refractivity contribution is 5.81. The van der Waals surface area contributed by atoms with E-state index in [2.05, 4.69) is 5.32 Å². The van der Waals surface area contributed by atoms with Crippen molar-refractivity contribution in [1.29, 1.82) is 0 Å². The van der Waals surface area contributed by atoms with Crippen molar-refractivity contribution < 1.29 is 24.4 Å². The summed E-state index contributed by atoms with van der Waals surface area (Å²) in [5.74, 6) is -1.29. The van der Waals surface area contributed by atoms with Crippen molar-refractivity contribution in [2.24, 2.45) is 5.92 Å². The summed E-state index contributed by atoms with van der Waals surface area (Å²) in [5.41, 5.74) is -0.132. The first-order chi connectivity index (χ1) is 10.3. The van der Waals surface area contributed by atoms with Crippen LogP contribution in [0.2, 0.25) is 0 Å². The van der Waals surface area contributed by atoms with Crippen LogP contribution in [-0.4, -0.2) is 28.1 Å². The predicted molar refractivity (Wildman–Crippen MR) is 77.8 cm³/mol. The molecule has 0 fully saturated rings. The summed E-state index contributed by atoms with van der Waals surface area (Å²) in [6.07, 6.45) is 0.530. The molecule has 8 heteroatoms. The molecule has 1 aromatic carbocycles. The first-order valence-corrected chi connectivity index (χ1v) is 6.80. The van der Waals surface area contributed by atoms with Gasteiger partial charge in [-0.15, -0.1) is 0 Å². The lowest BCUT2D eigenvalue weighted by atomic mass is 9.97. The van der Waals surface area contributed by atoms with Crippen molar-refractivity contribution >= 4 is 17.7 Å². The van der Waals surface area contributed by atoms with E-state index in [1.54, 1.807) is 6.92 Å². The number of ether oxygens (including phenoxy) is 1. The van der Waals surface area contributed by atoms with Gasteiger partial charge in [0.05, 0.1) is 4.92 Å². The van der Waals surface area contributed by atoms with Crippen LogP contribution in [0.5, 0.6) is 5.75 Å². The topological polar surface area (TPSA) is 119 Å². The molecule has 0 aliphatic carbocycles. The number of rotatable bonds is 7. The number of hydrogen-bond donors (Lipinski definition) is 2. The van der Waals surface area contributed by atoms with E-state index in [-0.39, 0.29) is 17.4 Å². The number of benzene rings is 1. The van der Waals surface area contributed by atoms with E-state index in [4.69, 9.17) is 9.84 Å². The maximum absolute atomic E-state index is 11.7. The lowest BCUT2D eigenvalue weighted by Gasteiger charge is -2.20. The zero-order valence-electron chi connectivity index (χ0n) is 12.3. The van der Waals surface area contributed by atoms with Crippen molar-refractivity contribution in [1.82, 2.24) is 5.32 Å². The largest absolute Gasteiger partial charge is 0.480 e. The van der Waals surface area contributed by atoms with E-state index in [0.29, 0.717) is 6.42 Å². The highest BCUT2D eigenvalue weighted by atomic mass is 16.6. The molecule has 2 N–H and O–H groups in total. The number of amides is 1. The zero-order valence-corrected chi connectivity index (χ0v) is 12.3. The summed E-state index contributed by atoms with van der Waals surface area (Å²) >= 11 is 0. The van der Waals surface area contributed by atoms with Gasteiger partial charge in [-0.05, 0) is 24.5 Å². The SMILES string of the molecule is CCC[C@H](C)[C@H](NC(=O)Oc1ccc([N+](=O)[O-])cc1)C(=O)O. The Hall–Kier alpha value is -2.64. The molecule has 0 saturated carbocycles. The number of carbonyl (C=O) groups excluding carboxylic acids is 1. The van der Waals surface area contributed by atoms with Crippen LogP contribution < -0.4 is 10.1 Å². The van der Waals surface area contributed by atoms with Gasteiger partial charge in [0.1, 0.15) is 11.8 Å². The van der Waals surface area contributed by atoms with Crippen molar-refractivity contribution in [2.45, 2.75) is 32.7 Å². The van der Waals surface area contributed by atoms with Crippen LogP contribution in [0.3, 0.4) is 0 Å². The molecule has 2 atom stereocenters. The van der Waals surface area contributed by atoms with Crippen LogP contribution in [0.1, 0.15) is 26.7 Å². The van der Waals surface area contributed by atoms with Crippen LogP contribution in [-0.2, 0) is 4.79 Å². The monoisotopic (exact) mass is 310 g/mol. The van der Waals surface area contributed by atoms with Gasteiger partial charge in [-0.2, -0.15) is 0 Å². The maximum Gasteiger partial charge on any atom is 0.413 e. The summed E-state index contributed by atoms with van der Waals surface area (Å²) in [6, 6.07) is 3.87. The fourth-order valence-electron chi connectivity index (χ4n) is 1.97. The Morgan fingerprint density at radius 2 is 1.95 bits per heavy atom. The molecule has 0 aliphatic heterocycles. The lowest BCUT2D eigenvalue weighted by Crippen LogP contribution is -2.46. The van der Waals surface area contributed by atoms with E-state index in [1.165, 1.54) is 24.3 Å². The van der Waals surface area contributed by atoms with Crippen molar-refractivity contribution in [3.63, 3.8) is 0 Å². The van der Waals surface area contributed by atoms with Gasteiger partial charge in [-0.3, -0.25) is 10.1 Å². The van der Waals surface area contributed by atoms with Gasteiger partial charge in [0.15, 0.2) is 0 Å². The third-order valence-corrected chi connectivity index (χ3v) is 3.11. The molecule has 0 radical (unpaired) electrons. The standard InChI is InChI=1S/C14H18N2O6/c1-3-4-9(2)12(13(17)18)15-14(19)22-11-7-5-10(6-8-11)16(20)21/h5-9,12H,3-4H2,1-2H3,(H,15,19)(H,17,18)/t9-,12-/m0/s1. The van der Waals surface area contributed by atoms with E-state index in [1.807, 2.05) is 6.92 Å². The Bertz CT molecular complexity index is 543. The molecule has 0 saturated heterocycles. The van der Waals surface area contributed by atoms with Gasteiger partial charge < -0.3 is 15.2 Å². The quantitative estimate of drug-likeness (QED) is 0.590. The molecular formula is C14H18N2O6. The van der Waals surface area contributed by atoms with Crippen LogP contribution in [0, 0.1) is 16.0 Å². The molecular weight excluding hydrogens is 292 g/mol. The number of nitro groups is 1. The first kappa shape index (κ1) is 17.4. The fraction of sp³-hybridized carbons (Fsp3) is 0.429. The number of carboxylic acid groups (broad SMARTS) is 1. The molecule has 120 valence electrons. The zero-order chi connectivity index (χ0) is 16.7. The van der Waals surface area contributed by atoms with Gasteiger partial charge >= 0.3 is 12.1 Å². The smallest absolute Gasteiger partial charge is 0.413 e. The average molecular weight is 310 g/mol. The fourth-order valence-corrected chi connectivity index (χ4v) is 1.97. The summed E-state index contributed by atoms with van der Waals surface area (Å²) < 4.78 is 4.92. The number of carboxylic acids is 1. The number of nitrogens with one attached hydrogen (secondary N) is 1. The minimum atomic E-state index is -1.14. The molecule has 0 bridgehead atoms.